The van der Waals surface area contributed by atoms with Gasteiger partial charge in [0.1, 0.15) is 0 Å². The number of benzene rings is 1. The van der Waals surface area contributed by atoms with E-state index in [2.05, 4.69) is 18.3 Å². The highest BCUT2D eigenvalue weighted by Crippen LogP contribution is 2.46. The van der Waals surface area contributed by atoms with Crippen molar-refractivity contribution < 1.29 is 10.2 Å². The first-order chi connectivity index (χ1) is 10.7. The monoisotopic (exact) mass is 351 g/mol. The second-order valence-corrected chi connectivity index (χ2v) is 7.61. The lowest BCUT2D eigenvalue weighted by molar-refractivity contribution is 0.382. The van der Waals surface area contributed by atoms with Crippen molar-refractivity contribution >= 4 is 23.7 Å². The van der Waals surface area contributed by atoms with E-state index >= 15 is 0 Å². The van der Waals surface area contributed by atoms with E-state index in [1.165, 1.54) is 32.9 Å². The zero-order chi connectivity index (χ0) is 15.3. The Bertz CT molecular complexity index is 728. The Kier molecular flexibility index (Phi) is 4.59. The van der Waals surface area contributed by atoms with Gasteiger partial charge >= 0.3 is 0 Å². The number of halogens is 1. The first-order valence-corrected chi connectivity index (χ1v) is 8.88. The largest absolute Gasteiger partial charge is 0.504 e. The second-order valence-electron chi connectivity index (χ2n) is 6.38. The number of phenolic OH excluding ortho intramolecular Hbond substituents is 2. The smallest absolute Gasteiger partial charge is 0.157 e. The summed E-state index contributed by atoms with van der Waals surface area (Å²) in [6, 6.07) is 6.33. The maximum atomic E-state index is 9.94. The molecule has 23 heavy (non-hydrogen) atoms. The zero-order valence-electron chi connectivity index (χ0n) is 13.1. The lowest BCUT2D eigenvalue weighted by atomic mass is 9.74. The number of thiophene rings is 1. The third-order valence-electron chi connectivity index (χ3n) is 4.95. The number of aryl methyl sites for hydroxylation is 2. The molecule has 4 rings (SSSR count). The highest BCUT2D eigenvalue weighted by atomic mass is 35.5. The van der Waals surface area contributed by atoms with Crippen molar-refractivity contribution in [3.8, 4) is 11.5 Å². The SMILES string of the molecule is CCCc1cc2c(s1)CN[C@@H]1CCc3cc(O)c(O)cc3[C@@H]21.Cl. The highest BCUT2D eigenvalue weighted by Gasteiger charge is 2.36. The van der Waals surface area contributed by atoms with Gasteiger partial charge in [0.05, 0.1) is 0 Å². The van der Waals surface area contributed by atoms with E-state index < -0.39 is 0 Å². The molecule has 124 valence electrons. The van der Waals surface area contributed by atoms with Crippen LogP contribution in [0.15, 0.2) is 18.2 Å². The molecular weight excluding hydrogens is 330 g/mol. The first kappa shape index (κ1) is 16.6. The van der Waals surface area contributed by atoms with Crippen LogP contribution in [-0.4, -0.2) is 16.3 Å². The molecule has 2 heterocycles. The summed E-state index contributed by atoms with van der Waals surface area (Å²) in [5.74, 6) is 0.301. The third kappa shape index (κ3) is 2.73. The Morgan fingerprint density at radius 1 is 1.17 bits per heavy atom. The minimum absolute atomic E-state index is 0. The Morgan fingerprint density at radius 2 is 1.96 bits per heavy atom. The molecule has 0 radical (unpaired) electrons. The van der Waals surface area contributed by atoms with Crippen LogP contribution in [0.25, 0.3) is 0 Å². The summed E-state index contributed by atoms with van der Waals surface area (Å²) in [7, 11) is 0. The van der Waals surface area contributed by atoms with Crippen LogP contribution >= 0.6 is 23.7 Å². The zero-order valence-corrected chi connectivity index (χ0v) is 14.8. The van der Waals surface area contributed by atoms with Crippen molar-refractivity contribution in [1.29, 1.82) is 0 Å². The van der Waals surface area contributed by atoms with Gasteiger partial charge in [-0.15, -0.1) is 23.7 Å². The predicted molar refractivity (Wildman–Crippen MR) is 96.1 cm³/mol. The summed E-state index contributed by atoms with van der Waals surface area (Å²) in [6.07, 6.45) is 4.35. The fourth-order valence-corrected chi connectivity index (χ4v) is 5.20. The summed E-state index contributed by atoms with van der Waals surface area (Å²) < 4.78 is 0. The molecule has 0 saturated carbocycles. The molecule has 2 atom stereocenters. The maximum absolute atomic E-state index is 9.94. The van der Waals surface area contributed by atoms with E-state index in [1.807, 2.05) is 11.3 Å². The van der Waals surface area contributed by atoms with Crippen molar-refractivity contribution in [3.63, 3.8) is 0 Å². The molecule has 0 unspecified atom stereocenters. The van der Waals surface area contributed by atoms with Crippen LogP contribution in [0.2, 0.25) is 0 Å². The fraction of sp³-hybridized carbons (Fsp3) is 0.444. The third-order valence-corrected chi connectivity index (χ3v) is 6.16. The van der Waals surface area contributed by atoms with Gasteiger partial charge in [0.25, 0.3) is 0 Å². The fourth-order valence-electron chi connectivity index (χ4n) is 3.94. The predicted octanol–water partition coefficient (Wildman–Crippen LogP) is 4.08. The van der Waals surface area contributed by atoms with E-state index in [0.29, 0.717) is 12.0 Å². The van der Waals surface area contributed by atoms with Crippen LogP contribution < -0.4 is 5.32 Å². The molecule has 0 fully saturated rings. The van der Waals surface area contributed by atoms with Crippen LogP contribution in [0.3, 0.4) is 0 Å². The molecule has 2 aliphatic rings. The summed E-state index contributed by atoms with van der Waals surface area (Å²) in [6.45, 7) is 3.18. The van der Waals surface area contributed by atoms with Gasteiger partial charge < -0.3 is 15.5 Å². The topological polar surface area (TPSA) is 52.5 Å². The van der Waals surface area contributed by atoms with Gasteiger partial charge in [-0.25, -0.2) is 0 Å². The molecule has 3 N–H and O–H groups in total. The molecule has 0 bridgehead atoms. The average Bonchev–Trinajstić information content (AvgIpc) is 2.91. The van der Waals surface area contributed by atoms with Gasteiger partial charge in [-0.3, -0.25) is 0 Å². The molecule has 5 heteroatoms. The minimum Gasteiger partial charge on any atom is -0.504 e. The van der Waals surface area contributed by atoms with Crippen molar-refractivity contribution in [1.82, 2.24) is 5.32 Å². The van der Waals surface area contributed by atoms with Crippen molar-refractivity contribution in [2.75, 3.05) is 0 Å². The number of hydrogen-bond donors (Lipinski definition) is 3. The quantitative estimate of drug-likeness (QED) is 0.714. The molecule has 0 amide bonds. The molecule has 1 aromatic heterocycles. The Hall–Kier alpha value is -1.23. The lowest BCUT2D eigenvalue weighted by Crippen LogP contribution is -2.41. The standard InChI is InChI=1S/C18H21NO2S.ClH/c1-2-3-11-7-13-17(22-11)9-19-14-5-4-10-6-15(20)16(21)8-12(10)18(13)14;/h6-8,14,18-21H,2-5,9H2,1H3;1H/t14-,18+;/m1./s1. The maximum Gasteiger partial charge on any atom is 0.157 e. The van der Waals surface area contributed by atoms with Crippen LogP contribution in [0.4, 0.5) is 0 Å². The number of nitrogens with one attached hydrogen (secondary N) is 1. The summed E-state index contributed by atoms with van der Waals surface area (Å²) in [5.41, 5.74) is 3.79. The van der Waals surface area contributed by atoms with Crippen LogP contribution in [0, 0.1) is 0 Å². The van der Waals surface area contributed by atoms with E-state index in [1.54, 1.807) is 12.1 Å². The van der Waals surface area contributed by atoms with Gasteiger partial charge in [-0.2, -0.15) is 0 Å². The summed E-state index contributed by atoms with van der Waals surface area (Å²) in [4.78, 5) is 2.90. The number of phenols is 2. The van der Waals surface area contributed by atoms with Gasteiger partial charge in [-0.1, -0.05) is 13.3 Å². The average molecular weight is 352 g/mol. The van der Waals surface area contributed by atoms with E-state index in [-0.39, 0.29) is 23.9 Å². The molecule has 3 nitrogen and oxygen atoms in total. The molecule has 2 aromatic rings. The van der Waals surface area contributed by atoms with E-state index in [9.17, 15) is 10.2 Å². The first-order valence-electron chi connectivity index (χ1n) is 8.07. The van der Waals surface area contributed by atoms with E-state index in [4.69, 9.17) is 0 Å². The van der Waals surface area contributed by atoms with Gasteiger partial charge in [-0.05, 0) is 54.2 Å². The number of rotatable bonds is 2. The summed E-state index contributed by atoms with van der Waals surface area (Å²) in [5, 5.41) is 23.4. The number of hydrogen-bond acceptors (Lipinski definition) is 4. The Balaban J connectivity index is 0.00000156. The van der Waals surface area contributed by atoms with Crippen LogP contribution in [0.1, 0.15) is 52.1 Å². The second kappa shape index (κ2) is 6.34. The molecule has 1 aliphatic heterocycles. The normalized spacial score (nSPS) is 21.8. The Labute approximate surface area is 146 Å². The Morgan fingerprint density at radius 3 is 2.74 bits per heavy atom. The van der Waals surface area contributed by atoms with Crippen molar-refractivity contribution in [2.45, 2.75) is 51.1 Å². The van der Waals surface area contributed by atoms with E-state index in [0.717, 1.165) is 25.8 Å². The van der Waals surface area contributed by atoms with Gasteiger partial charge in [0, 0.05) is 28.3 Å². The lowest BCUT2D eigenvalue weighted by Gasteiger charge is -2.38. The molecule has 0 saturated heterocycles. The van der Waals surface area contributed by atoms with Crippen LogP contribution in [-0.2, 0) is 19.4 Å². The number of aromatic hydroxyl groups is 2. The van der Waals surface area contributed by atoms with Gasteiger partial charge in [0.2, 0.25) is 0 Å². The van der Waals surface area contributed by atoms with Gasteiger partial charge in [0.15, 0.2) is 11.5 Å². The van der Waals surface area contributed by atoms with Crippen molar-refractivity contribution in [2.24, 2.45) is 0 Å². The molecule has 0 spiro atoms. The van der Waals surface area contributed by atoms with Crippen molar-refractivity contribution in [3.05, 3.63) is 44.6 Å². The van der Waals surface area contributed by atoms with Crippen LogP contribution in [0.5, 0.6) is 11.5 Å². The minimum atomic E-state index is -0.00413. The highest BCUT2D eigenvalue weighted by molar-refractivity contribution is 7.12. The summed E-state index contributed by atoms with van der Waals surface area (Å²) >= 11 is 1.92. The molecule has 1 aromatic carbocycles. The molecule has 1 aliphatic carbocycles. The molecular formula is C18H22ClNO2S. The number of fused-ring (bicyclic) bond motifs is 5.